The van der Waals surface area contributed by atoms with Crippen LogP contribution in [0.1, 0.15) is 51.5 Å². The van der Waals surface area contributed by atoms with Crippen LogP contribution in [-0.4, -0.2) is 48.1 Å². The second kappa shape index (κ2) is 11.5. The number of Topliss-reactive ketones (excluding diaryl/α,β-unsaturated/α-hetero) is 1. The third-order valence-corrected chi connectivity index (χ3v) is 6.14. The summed E-state index contributed by atoms with van der Waals surface area (Å²) in [4.78, 5) is 36.4. The average molecular weight is 473 g/mol. The smallest absolute Gasteiger partial charge is 0.305 e. The maximum atomic E-state index is 13.3. The molecular weight excluding hydrogens is 439 g/mol. The van der Waals surface area contributed by atoms with Crippen LogP contribution in [-0.2, 0) is 24.8 Å². The summed E-state index contributed by atoms with van der Waals surface area (Å²) in [5.41, 5.74) is -0.00338. The SMILES string of the molecule is CC(C)C[C@H](NC1(c2cccc3ccccc23)CCCCO1)C(=O)NC(CC(=O)O)C(=O)CF. The van der Waals surface area contributed by atoms with Gasteiger partial charge in [0.05, 0.1) is 12.5 Å². The summed E-state index contributed by atoms with van der Waals surface area (Å²) in [5, 5.41) is 17.1. The Labute approximate surface area is 199 Å². The first-order chi connectivity index (χ1) is 16.3. The highest BCUT2D eigenvalue weighted by Crippen LogP contribution is 2.37. The number of amides is 1. The monoisotopic (exact) mass is 472 g/mol. The number of ether oxygens (including phenoxy) is 1. The van der Waals surface area contributed by atoms with E-state index in [1.807, 2.05) is 56.3 Å². The molecule has 1 heterocycles. The number of nitrogens with one attached hydrogen (secondary N) is 2. The Morgan fingerprint density at radius 1 is 1.09 bits per heavy atom. The number of carbonyl (C=O) groups is 3. The molecule has 2 unspecified atom stereocenters. The Bertz CT molecular complexity index is 1010. The molecule has 0 radical (unpaired) electrons. The highest BCUT2D eigenvalue weighted by Gasteiger charge is 2.40. The molecule has 2 aromatic carbocycles. The Kier molecular flexibility index (Phi) is 8.74. The largest absolute Gasteiger partial charge is 0.481 e. The van der Waals surface area contributed by atoms with Crippen molar-refractivity contribution in [1.82, 2.24) is 10.6 Å². The number of aliphatic carboxylic acids is 1. The maximum absolute atomic E-state index is 13.3. The summed E-state index contributed by atoms with van der Waals surface area (Å²) in [5.74, 6) is -2.68. The van der Waals surface area contributed by atoms with E-state index in [0.717, 1.165) is 29.2 Å². The topological polar surface area (TPSA) is 105 Å². The third kappa shape index (κ3) is 6.18. The van der Waals surface area contributed by atoms with Crippen molar-refractivity contribution in [3.63, 3.8) is 0 Å². The van der Waals surface area contributed by atoms with Gasteiger partial charge < -0.3 is 15.2 Å². The minimum atomic E-state index is -1.42. The Morgan fingerprint density at radius 2 is 1.82 bits per heavy atom. The van der Waals surface area contributed by atoms with Gasteiger partial charge in [-0.1, -0.05) is 56.3 Å². The van der Waals surface area contributed by atoms with Crippen molar-refractivity contribution in [2.75, 3.05) is 13.3 Å². The van der Waals surface area contributed by atoms with Gasteiger partial charge in [-0.05, 0) is 42.4 Å². The first kappa shape index (κ1) is 25.8. The van der Waals surface area contributed by atoms with Crippen LogP contribution in [0, 0.1) is 5.92 Å². The predicted octanol–water partition coefficient (Wildman–Crippen LogP) is 3.70. The summed E-state index contributed by atoms with van der Waals surface area (Å²) in [6.07, 6.45) is 2.19. The lowest BCUT2D eigenvalue weighted by Crippen LogP contribution is -2.58. The zero-order valence-electron chi connectivity index (χ0n) is 19.7. The number of fused-ring (bicyclic) bond motifs is 1. The van der Waals surface area contributed by atoms with Crippen LogP contribution in [0.4, 0.5) is 4.39 Å². The van der Waals surface area contributed by atoms with E-state index >= 15 is 0 Å². The summed E-state index contributed by atoms with van der Waals surface area (Å²) in [6.45, 7) is 3.11. The van der Waals surface area contributed by atoms with Gasteiger partial charge in [-0.25, -0.2) is 4.39 Å². The number of hydrogen-bond acceptors (Lipinski definition) is 5. The molecule has 0 aromatic heterocycles. The Hall–Kier alpha value is -2.84. The molecule has 0 spiro atoms. The molecule has 184 valence electrons. The highest BCUT2D eigenvalue weighted by molar-refractivity contribution is 5.94. The highest BCUT2D eigenvalue weighted by atomic mass is 19.1. The van der Waals surface area contributed by atoms with E-state index in [2.05, 4.69) is 10.6 Å². The first-order valence-electron chi connectivity index (χ1n) is 11.8. The van der Waals surface area contributed by atoms with Crippen molar-refractivity contribution < 1.29 is 28.6 Å². The number of alkyl halides is 1. The van der Waals surface area contributed by atoms with E-state index in [4.69, 9.17) is 9.84 Å². The molecule has 3 atom stereocenters. The molecular formula is C26H33FN2O5. The molecule has 8 heteroatoms. The lowest BCUT2D eigenvalue weighted by Gasteiger charge is -2.42. The maximum Gasteiger partial charge on any atom is 0.305 e. The number of rotatable bonds is 11. The summed E-state index contributed by atoms with van der Waals surface area (Å²) in [7, 11) is 0. The molecule has 0 saturated carbocycles. The van der Waals surface area contributed by atoms with Gasteiger partial charge in [0.25, 0.3) is 0 Å². The number of halogens is 1. The number of carboxylic acids is 1. The second-order valence-electron chi connectivity index (χ2n) is 9.24. The molecule has 1 fully saturated rings. The molecule has 1 aliphatic heterocycles. The van der Waals surface area contributed by atoms with Gasteiger partial charge in [-0.3, -0.25) is 19.7 Å². The van der Waals surface area contributed by atoms with Crippen LogP contribution in [0.3, 0.4) is 0 Å². The van der Waals surface area contributed by atoms with Crippen molar-refractivity contribution >= 4 is 28.4 Å². The van der Waals surface area contributed by atoms with Crippen LogP contribution in [0.2, 0.25) is 0 Å². The van der Waals surface area contributed by atoms with Gasteiger partial charge in [0.1, 0.15) is 18.4 Å². The minimum Gasteiger partial charge on any atom is -0.481 e. The fraction of sp³-hybridized carbons (Fsp3) is 0.500. The average Bonchev–Trinajstić information content (AvgIpc) is 2.82. The molecule has 34 heavy (non-hydrogen) atoms. The number of benzene rings is 2. The van der Waals surface area contributed by atoms with Crippen LogP contribution in [0.5, 0.6) is 0 Å². The van der Waals surface area contributed by atoms with Gasteiger partial charge in [0.15, 0.2) is 5.78 Å². The lowest BCUT2D eigenvalue weighted by molar-refractivity contribution is -0.142. The first-order valence-corrected chi connectivity index (χ1v) is 11.8. The van der Waals surface area contributed by atoms with Gasteiger partial charge >= 0.3 is 5.97 Å². The fourth-order valence-electron chi connectivity index (χ4n) is 4.55. The van der Waals surface area contributed by atoms with E-state index in [9.17, 15) is 18.8 Å². The summed E-state index contributed by atoms with van der Waals surface area (Å²) >= 11 is 0. The normalized spacial score (nSPS) is 20.1. The fourth-order valence-corrected chi connectivity index (χ4v) is 4.55. The van der Waals surface area contributed by atoms with Gasteiger partial charge in [-0.2, -0.15) is 0 Å². The van der Waals surface area contributed by atoms with E-state index in [0.29, 0.717) is 19.4 Å². The van der Waals surface area contributed by atoms with E-state index in [1.54, 1.807) is 0 Å². The zero-order valence-corrected chi connectivity index (χ0v) is 19.7. The van der Waals surface area contributed by atoms with Crippen LogP contribution in [0.15, 0.2) is 42.5 Å². The standard InChI is InChI=1S/C26H33FN2O5/c1-17(2)14-22(25(33)28-21(15-24(31)32)23(30)16-27)29-26(12-5-6-13-34-26)20-11-7-9-18-8-3-4-10-19(18)20/h3-4,7-11,17,21-22,29H,5-6,12-16H2,1-2H3,(H,28,33)(H,31,32)/t21?,22-,26?/m0/s1. The van der Waals surface area contributed by atoms with Crippen molar-refractivity contribution in [2.45, 2.75) is 63.8 Å². The molecule has 1 amide bonds. The molecule has 0 bridgehead atoms. The lowest BCUT2D eigenvalue weighted by atomic mass is 9.88. The van der Waals surface area contributed by atoms with Crippen molar-refractivity contribution in [2.24, 2.45) is 5.92 Å². The number of carboxylic acid groups (broad SMARTS) is 1. The molecule has 3 rings (SSSR count). The molecule has 1 aliphatic rings. The summed E-state index contributed by atoms with van der Waals surface area (Å²) < 4.78 is 19.4. The third-order valence-electron chi connectivity index (χ3n) is 6.14. The molecule has 1 saturated heterocycles. The predicted molar refractivity (Wildman–Crippen MR) is 127 cm³/mol. The van der Waals surface area contributed by atoms with Crippen LogP contribution >= 0.6 is 0 Å². The second-order valence-corrected chi connectivity index (χ2v) is 9.24. The quantitative estimate of drug-likeness (QED) is 0.461. The van der Waals surface area contributed by atoms with Gasteiger partial charge in [-0.15, -0.1) is 0 Å². The number of ketones is 1. The van der Waals surface area contributed by atoms with E-state index < -0.39 is 48.6 Å². The number of hydrogen-bond donors (Lipinski definition) is 3. The summed E-state index contributed by atoms with van der Waals surface area (Å²) in [6, 6.07) is 11.7. The molecule has 0 aliphatic carbocycles. The minimum absolute atomic E-state index is 0.117. The van der Waals surface area contributed by atoms with Gasteiger partial charge in [0.2, 0.25) is 5.91 Å². The molecule has 3 N–H and O–H groups in total. The number of carbonyl (C=O) groups excluding carboxylic acids is 2. The molecule has 7 nitrogen and oxygen atoms in total. The zero-order chi connectivity index (χ0) is 24.7. The van der Waals surface area contributed by atoms with Crippen molar-refractivity contribution in [1.29, 1.82) is 0 Å². The van der Waals surface area contributed by atoms with Crippen LogP contribution in [0.25, 0.3) is 10.8 Å². The van der Waals surface area contributed by atoms with Crippen LogP contribution < -0.4 is 10.6 Å². The Morgan fingerprint density at radius 3 is 2.47 bits per heavy atom. The van der Waals surface area contributed by atoms with Crippen molar-refractivity contribution in [3.05, 3.63) is 48.0 Å². The van der Waals surface area contributed by atoms with E-state index in [1.165, 1.54) is 0 Å². The van der Waals surface area contributed by atoms with Crippen molar-refractivity contribution in [3.8, 4) is 0 Å². The van der Waals surface area contributed by atoms with E-state index in [-0.39, 0.29) is 5.92 Å². The van der Waals surface area contributed by atoms with Gasteiger partial charge in [0, 0.05) is 12.2 Å². The Balaban J connectivity index is 1.96. The molecule has 2 aromatic rings.